The highest BCUT2D eigenvalue weighted by Crippen LogP contribution is 2.40. The number of benzene rings is 1. The van der Waals surface area contributed by atoms with Crippen LogP contribution in [0.15, 0.2) is 47.8 Å². The van der Waals surface area contributed by atoms with Gasteiger partial charge >= 0.3 is 5.97 Å². The summed E-state index contributed by atoms with van der Waals surface area (Å²) in [4.78, 5) is 15.8. The summed E-state index contributed by atoms with van der Waals surface area (Å²) in [7, 11) is 0. The van der Waals surface area contributed by atoms with Gasteiger partial charge in [0, 0.05) is 20.3 Å². The van der Waals surface area contributed by atoms with Crippen LogP contribution in [0.2, 0.25) is 10.0 Å². The van der Waals surface area contributed by atoms with Crippen LogP contribution in [0.25, 0.3) is 26.0 Å². The third-order valence-electron chi connectivity index (χ3n) is 4.33. The fourth-order valence-corrected chi connectivity index (χ4v) is 5.44. The van der Waals surface area contributed by atoms with E-state index >= 15 is 0 Å². The van der Waals surface area contributed by atoms with E-state index in [-0.39, 0.29) is 12.3 Å². The Hall–Kier alpha value is -2.12. The van der Waals surface area contributed by atoms with Gasteiger partial charge in [-0.25, -0.2) is 9.48 Å². The summed E-state index contributed by atoms with van der Waals surface area (Å²) in [6.07, 6.45) is 0. The molecular weight excluding hydrogens is 447 g/mol. The SMILES string of the molecule is CCOC(=O)c1nn(-c2ccc(Cl)cc2Cl)c(-c2ccc(-c3cccs3)s2)c1C. The zero-order valence-electron chi connectivity index (χ0n) is 15.6. The topological polar surface area (TPSA) is 44.1 Å². The van der Waals surface area contributed by atoms with E-state index in [0.29, 0.717) is 15.7 Å². The van der Waals surface area contributed by atoms with Crippen molar-refractivity contribution in [2.45, 2.75) is 13.8 Å². The van der Waals surface area contributed by atoms with Crippen molar-refractivity contribution in [3.63, 3.8) is 0 Å². The van der Waals surface area contributed by atoms with Crippen LogP contribution < -0.4 is 0 Å². The maximum atomic E-state index is 12.5. The highest BCUT2D eigenvalue weighted by Gasteiger charge is 2.25. The zero-order chi connectivity index (χ0) is 20.5. The van der Waals surface area contributed by atoms with Gasteiger partial charge in [-0.2, -0.15) is 5.10 Å². The first kappa shape index (κ1) is 20.2. The van der Waals surface area contributed by atoms with E-state index in [1.807, 2.05) is 19.1 Å². The summed E-state index contributed by atoms with van der Waals surface area (Å²) in [6, 6.07) is 13.4. The highest BCUT2D eigenvalue weighted by atomic mass is 35.5. The molecule has 3 aromatic heterocycles. The molecule has 0 atom stereocenters. The maximum Gasteiger partial charge on any atom is 0.359 e. The third-order valence-corrected chi connectivity index (χ3v) is 7.03. The van der Waals surface area contributed by atoms with Crippen LogP contribution >= 0.6 is 45.9 Å². The van der Waals surface area contributed by atoms with Gasteiger partial charge in [-0.15, -0.1) is 22.7 Å². The quantitative estimate of drug-likeness (QED) is 0.296. The molecule has 0 aliphatic heterocycles. The number of carbonyl (C=O) groups excluding carboxylic acids is 1. The lowest BCUT2D eigenvalue weighted by molar-refractivity contribution is 0.0518. The van der Waals surface area contributed by atoms with Crippen LogP contribution in [0.3, 0.4) is 0 Å². The van der Waals surface area contributed by atoms with Crippen molar-refractivity contribution >= 4 is 51.8 Å². The van der Waals surface area contributed by atoms with Crippen LogP contribution in [-0.4, -0.2) is 22.4 Å². The predicted octanol–water partition coefficient (Wildman–Crippen LogP) is 7.12. The number of thiophene rings is 2. The van der Waals surface area contributed by atoms with Gasteiger partial charge in [-0.05, 0) is 55.6 Å². The molecule has 0 radical (unpaired) electrons. The Bertz CT molecular complexity index is 1180. The van der Waals surface area contributed by atoms with E-state index in [0.717, 1.165) is 21.0 Å². The molecule has 0 fully saturated rings. The summed E-state index contributed by atoms with van der Waals surface area (Å²) >= 11 is 15.9. The summed E-state index contributed by atoms with van der Waals surface area (Å²) in [5.74, 6) is -0.454. The Kier molecular flexibility index (Phi) is 5.79. The second-order valence-corrected chi connectivity index (χ2v) is 9.07. The Labute approximate surface area is 186 Å². The second-order valence-electron chi connectivity index (χ2n) is 6.19. The molecule has 148 valence electrons. The summed E-state index contributed by atoms with van der Waals surface area (Å²) in [6.45, 7) is 3.93. The van der Waals surface area contributed by atoms with Crippen LogP contribution in [0.1, 0.15) is 23.0 Å². The van der Waals surface area contributed by atoms with E-state index < -0.39 is 5.97 Å². The Morgan fingerprint density at radius 2 is 1.93 bits per heavy atom. The minimum Gasteiger partial charge on any atom is -0.461 e. The monoisotopic (exact) mass is 462 g/mol. The van der Waals surface area contributed by atoms with Crippen LogP contribution in [0.4, 0.5) is 0 Å². The number of esters is 1. The molecule has 0 spiro atoms. The number of hydrogen-bond acceptors (Lipinski definition) is 5. The average molecular weight is 463 g/mol. The molecular formula is C21H16Cl2N2O2S2. The van der Waals surface area contributed by atoms with Crippen LogP contribution in [0, 0.1) is 6.92 Å². The molecule has 0 amide bonds. The molecule has 0 saturated heterocycles. The molecule has 0 N–H and O–H groups in total. The highest BCUT2D eigenvalue weighted by molar-refractivity contribution is 7.23. The van der Waals surface area contributed by atoms with Gasteiger partial charge in [0.15, 0.2) is 5.69 Å². The Morgan fingerprint density at radius 3 is 2.62 bits per heavy atom. The number of aromatic nitrogens is 2. The van der Waals surface area contributed by atoms with Gasteiger partial charge in [0.1, 0.15) is 0 Å². The molecule has 0 aliphatic carbocycles. The number of hydrogen-bond donors (Lipinski definition) is 0. The second kappa shape index (κ2) is 8.32. The first-order valence-corrected chi connectivity index (χ1v) is 11.3. The standard InChI is InChI=1S/C21H16Cl2N2O2S2/c1-3-27-21(26)19-12(2)20(18-9-8-17(29-18)16-5-4-10-28-16)25(24-19)15-7-6-13(22)11-14(15)23/h4-11H,3H2,1-2H3. The first-order valence-electron chi connectivity index (χ1n) is 8.85. The predicted molar refractivity (Wildman–Crippen MR) is 121 cm³/mol. The van der Waals surface area contributed by atoms with Gasteiger partial charge in [0.25, 0.3) is 0 Å². The lowest BCUT2D eigenvalue weighted by atomic mass is 10.1. The van der Waals surface area contributed by atoms with Crippen molar-refractivity contribution in [1.82, 2.24) is 9.78 Å². The average Bonchev–Trinajstić information content (AvgIpc) is 3.41. The minimum absolute atomic E-state index is 0.277. The van der Waals surface area contributed by atoms with Gasteiger partial charge in [0.05, 0.1) is 27.9 Å². The molecule has 0 unspecified atom stereocenters. The number of rotatable bonds is 5. The molecule has 0 bridgehead atoms. The molecule has 1 aromatic carbocycles. The summed E-state index contributed by atoms with van der Waals surface area (Å²) < 4.78 is 6.90. The number of ether oxygens (including phenoxy) is 1. The Balaban J connectivity index is 1.90. The normalized spacial score (nSPS) is 11.0. The van der Waals surface area contributed by atoms with Crippen LogP contribution in [0.5, 0.6) is 0 Å². The molecule has 4 aromatic rings. The van der Waals surface area contributed by atoms with E-state index in [2.05, 4.69) is 22.6 Å². The van der Waals surface area contributed by atoms with Crippen molar-refractivity contribution in [3.8, 4) is 26.0 Å². The summed E-state index contributed by atoms with van der Waals surface area (Å²) in [5.41, 5.74) is 2.48. The molecule has 29 heavy (non-hydrogen) atoms. The number of carbonyl (C=O) groups is 1. The van der Waals surface area contributed by atoms with E-state index in [1.165, 1.54) is 4.88 Å². The smallest absolute Gasteiger partial charge is 0.359 e. The van der Waals surface area contributed by atoms with Crippen molar-refractivity contribution in [2.75, 3.05) is 6.61 Å². The number of nitrogens with zero attached hydrogens (tertiary/aromatic N) is 2. The molecule has 4 rings (SSSR count). The van der Waals surface area contributed by atoms with Crippen molar-refractivity contribution in [2.24, 2.45) is 0 Å². The third kappa shape index (κ3) is 3.85. The van der Waals surface area contributed by atoms with Gasteiger partial charge in [-0.1, -0.05) is 29.3 Å². The van der Waals surface area contributed by atoms with Crippen molar-refractivity contribution < 1.29 is 9.53 Å². The van der Waals surface area contributed by atoms with E-state index in [9.17, 15) is 4.79 Å². The lowest BCUT2D eigenvalue weighted by Crippen LogP contribution is -2.07. The van der Waals surface area contributed by atoms with Crippen molar-refractivity contribution in [3.05, 3.63) is 69.1 Å². The van der Waals surface area contributed by atoms with Gasteiger partial charge in [0.2, 0.25) is 0 Å². The fraction of sp³-hybridized carbons (Fsp3) is 0.143. The molecule has 8 heteroatoms. The molecule has 0 saturated carbocycles. The van der Waals surface area contributed by atoms with Crippen molar-refractivity contribution in [1.29, 1.82) is 0 Å². The molecule has 3 heterocycles. The Morgan fingerprint density at radius 1 is 1.14 bits per heavy atom. The summed E-state index contributed by atoms with van der Waals surface area (Å²) in [5, 5.41) is 7.60. The first-order chi connectivity index (χ1) is 14.0. The number of halogens is 2. The van der Waals surface area contributed by atoms with E-state index in [4.69, 9.17) is 27.9 Å². The lowest BCUT2D eigenvalue weighted by Gasteiger charge is -2.09. The minimum atomic E-state index is -0.454. The van der Waals surface area contributed by atoms with Gasteiger partial charge in [-0.3, -0.25) is 0 Å². The largest absolute Gasteiger partial charge is 0.461 e. The molecule has 0 aliphatic rings. The van der Waals surface area contributed by atoms with E-state index in [1.54, 1.807) is 52.5 Å². The van der Waals surface area contributed by atoms with Gasteiger partial charge < -0.3 is 4.74 Å². The maximum absolute atomic E-state index is 12.5. The molecule has 4 nitrogen and oxygen atoms in total. The van der Waals surface area contributed by atoms with Crippen LogP contribution in [-0.2, 0) is 4.74 Å². The fourth-order valence-electron chi connectivity index (χ4n) is 3.02. The zero-order valence-corrected chi connectivity index (χ0v) is 18.8.